The Morgan fingerprint density at radius 2 is 1.44 bits per heavy atom. The molecule has 0 spiro atoms. The lowest BCUT2D eigenvalue weighted by Gasteiger charge is -2.11. The molecule has 5 heteroatoms. The summed E-state index contributed by atoms with van der Waals surface area (Å²) in [7, 11) is 0. The van der Waals surface area contributed by atoms with Crippen molar-refractivity contribution < 1.29 is 14.3 Å². The molecule has 0 aliphatic carbocycles. The van der Waals surface area contributed by atoms with Crippen molar-refractivity contribution in [1.29, 1.82) is 0 Å². The summed E-state index contributed by atoms with van der Waals surface area (Å²) in [5.41, 5.74) is 6.55. The Hall–Kier alpha value is -3.60. The van der Waals surface area contributed by atoms with E-state index in [0.29, 0.717) is 28.3 Å². The summed E-state index contributed by atoms with van der Waals surface area (Å²) in [6, 6.07) is 22.6. The number of hydrogen-bond donors (Lipinski definition) is 2. The first kappa shape index (κ1) is 16.3. The van der Waals surface area contributed by atoms with E-state index in [0.717, 1.165) is 0 Å². The number of amides is 2. The van der Waals surface area contributed by atoms with Gasteiger partial charge in [-0.25, -0.2) is 0 Å². The molecular weight excluding hydrogens is 316 g/mol. The van der Waals surface area contributed by atoms with E-state index in [1.807, 2.05) is 30.3 Å². The minimum absolute atomic E-state index is 0.307. The van der Waals surface area contributed by atoms with Crippen molar-refractivity contribution in [2.24, 2.45) is 5.73 Å². The maximum absolute atomic E-state index is 12.6. The molecule has 3 aromatic carbocycles. The largest absolute Gasteiger partial charge is 0.457 e. The van der Waals surface area contributed by atoms with Crippen LogP contribution < -0.4 is 15.8 Å². The average Bonchev–Trinajstić information content (AvgIpc) is 2.63. The number of carbonyl (C=O) groups excluding carboxylic acids is 2. The standard InChI is InChI=1S/C20H16N2O3/c21-19(23)14-10-12-15(13-11-14)22-20(24)17-8-4-5-9-18(17)25-16-6-2-1-3-7-16/h1-13H,(H2,21,23)(H,22,24). The summed E-state index contributed by atoms with van der Waals surface area (Å²) in [6.07, 6.45) is 0. The van der Waals surface area contributed by atoms with Crippen molar-refractivity contribution in [1.82, 2.24) is 0 Å². The van der Waals surface area contributed by atoms with Gasteiger partial charge in [0.1, 0.15) is 11.5 Å². The van der Waals surface area contributed by atoms with Crippen LogP contribution in [0.4, 0.5) is 5.69 Å². The van der Waals surface area contributed by atoms with Crippen LogP contribution in [-0.4, -0.2) is 11.8 Å². The number of nitrogens with two attached hydrogens (primary N) is 1. The quantitative estimate of drug-likeness (QED) is 0.745. The van der Waals surface area contributed by atoms with Gasteiger partial charge in [-0.2, -0.15) is 0 Å². The Bertz CT molecular complexity index is 890. The molecule has 0 saturated carbocycles. The lowest BCUT2D eigenvalue weighted by atomic mass is 10.1. The maximum Gasteiger partial charge on any atom is 0.259 e. The second kappa shape index (κ2) is 7.31. The Kier molecular flexibility index (Phi) is 4.76. The number of nitrogens with one attached hydrogen (secondary N) is 1. The fraction of sp³-hybridized carbons (Fsp3) is 0. The Labute approximate surface area is 145 Å². The molecule has 0 fully saturated rings. The molecule has 0 aromatic heterocycles. The first-order valence-corrected chi connectivity index (χ1v) is 7.66. The summed E-state index contributed by atoms with van der Waals surface area (Å²) in [6.45, 7) is 0. The van der Waals surface area contributed by atoms with Crippen molar-refractivity contribution in [2.75, 3.05) is 5.32 Å². The van der Waals surface area contributed by atoms with Gasteiger partial charge in [-0.3, -0.25) is 9.59 Å². The zero-order chi connectivity index (χ0) is 17.6. The molecule has 124 valence electrons. The molecule has 0 heterocycles. The van der Waals surface area contributed by atoms with Gasteiger partial charge in [0.2, 0.25) is 5.91 Å². The van der Waals surface area contributed by atoms with E-state index in [-0.39, 0.29) is 5.91 Å². The number of rotatable bonds is 5. The predicted molar refractivity (Wildman–Crippen MR) is 95.9 cm³/mol. The molecule has 25 heavy (non-hydrogen) atoms. The number of primary amides is 1. The number of carbonyl (C=O) groups is 2. The molecule has 5 nitrogen and oxygen atoms in total. The van der Waals surface area contributed by atoms with Crippen molar-refractivity contribution in [3.05, 3.63) is 90.0 Å². The first-order chi connectivity index (χ1) is 12.1. The normalized spacial score (nSPS) is 10.1. The predicted octanol–water partition coefficient (Wildman–Crippen LogP) is 3.83. The molecule has 0 saturated heterocycles. The summed E-state index contributed by atoms with van der Waals surface area (Å²) in [4.78, 5) is 23.7. The summed E-state index contributed by atoms with van der Waals surface area (Å²) in [5, 5.41) is 2.78. The molecule has 3 aromatic rings. The van der Waals surface area contributed by atoms with E-state index >= 15 is 0 Å². The van der Waals surface area contributed by atoms with Crippen LogP contribution in [-0.2, 0) is 0 Å². The second-order valence-corrected chi connectivity index (χ2v) is 5.31. The number of anilines is 1. The van der Waals surface area contributed by atoms with Crippen LogP contribution in [0.25, 0.3) is 0 Å². The summed E-state index contributed by atoms with van der Waals surface area (Å²) in [5.74, 6) is 0.284. The van der Waals surface area contributed by atoms with Crippen LogP contribution in [0.3, 0.4) is 0 Å². The highest BCUT2D eigenvalue weighted by Crippen LogP contribution is 2.25. The van der Waals surface area contributed by atoms with Gasteiger partial charge in [-0.1, -0.05) is 30.3 Å². The minimum Gasteiger partial charge on any atom is -0.457 e. The van der Waals surface area contributed by atoms with E-state index in [2.05, 4.69) is 5.32 Å². The van der Waals surface area contributed by atoms with Gasteiger partial charge in [-0.15, -0.1) is 0 Å². The molecule has 0 atom stereocenters. The third kappa shape index (κ3) is 4.03. The van der Waals surface area contributed by atoms with Crippen LogP contribution >= 0.6 is 0 Å². The van der Waals surface area contributed by atoms with Crippen LogP contribution in [0, 0.1) is 0 Å². The maximum atomic E-state index is 12.6. The van der Waals surface area contributed by atoms with Crippen molar-refractivity contribution in [2.45, 2.75) is 0 Å². The highest BCUT2D eigenvalue weighted by molar-refractivity contribution is 6.06. The van der Waals surface area contributed by atoms with Gasteiger partial charge in [-0.05, 0) is 48.5 Å². The van der Waals surface area contributed by atoms with Gasteiger partial charge in [0, 0.05) is 11.3 Å². The molecule has 0 radical (unpaired) electrons. The molecule has 2 amide bonds. The highest BCUT2D eigenvalue weighted by Gasteiger charge is 2.13. The van der Waals surface area contributed by atoms with E-state index in [9.17, 15) is 9.59 Å². The second-order valence-electron chi connectivity index (χ2n) is 5.31. The van der Waals surface area contributed by atoms with E-state index in [1.54, 1.807) is 48.5 Å². The number of hydrogen-bond acceptors (Lipinski definition) is 3. The molecule has 0 aliphatic rings. The molecule has 0 unspecified atom stereocenters. The Balaban J connectivity index is 1.79. The Morgan fingerprint density at radius 3 is 2.12 bits per heavy atom. The van der Waals surface area contributed by atoms with Gasteiger partial charge in [0.15, 0.2) is 0 Å². The number of benzene rings is 3. The van der Waals surface area contributed by atoms with Gasteiger partial charge in [0.05, 0.1) is 5.56 Å². The lowest BCUT2D eigenvalue weighted by Crippen LogP contribution is -2.14. The third-order valence-corrected chi connectivity index (χ3v) is 3.53. The van der Waals surface area contributed by atoms with E-state index in [1.165, 1.54) is 0 Å². The SMILES string of the molecule is NC(=O)c1ccc(NC(=O)c2ccccc2Oc2ccccc2)cc1. The zero-order valence-electron chi connectivity index (χ0n) is 13.3. The zero-order valence-corrected chi connectivity index (χ0v) is 13.3. The fourth-order valence-corrected chi connectivity index (χ4v) is 2.27. The summed E-state index contributed by atoms with van der Waals surface area (Å²) >= 11 is 0. The average molecular weight is 332 g/mol. The van der Waals surface area contributed by atoms with Gasteiger partial charge < -0.3 is 15.8 Å². The van der Waals surface area contributed by atoms with Crippen LogP contribution in [0.2, 0.25) is 0 Å². The van der Waals surface area contributed by atoms with E-state index in [4.69, 9.17) is 10.5 Å². The van der Waals surface area contributed by atoms with E-state index < -0.39 is 5.91 Å². The van der Waals surface area contributed by atoms with Gasteiger partial charge >= 0.3 is 0 Å². The summed E-state index contributed by atoms with van der Waals surface area (Å²) < 4.78 is 5.80. The van der Waals surface area contributed by atoms with Crippen molar-refractivity contribution in [3.63, 3.8) is 0 Å². The fourth-order valence-electron chi connectivity index (χ4n) is 2.27. The van der Waals surface area contributed by atoms with Gasteiger partial charge in [0.25, 0.3) is 5.91 Å². The molecule has 3 N–H and O–H groups in total. The van der Waals surface area contributed by atoms with Crippen molar-refractivity contribution in [3.8, 4) is 11.5 Å². The van der Waals surface area contributed by atoms with Crippen LogP contribution in [0.15, 0.2) is 78.9 Å². The first-order valence-electron chi connectivity index (χ1n) is 7.66. The topological polar surface area (TPSA) is 81.4 Å². The third-order valence-electron chi connectivity index (χ3n) is 3.53. The molecule has 0 bridgehead atoms. The minimum atomic E-state index is -0.514. The Morgan fingerprint density at radius 1 is 0.800 bits per heavy atom. The molecular formula is C20H16N2O3. The lowest BCUT2D eigenvalue weighted by molar-refractivity contribution is 0.0998. The number of para-hydroxylation sites is 2. The highest BCUT2D eigenvalue weighted by atomic mass is 16.5. The molecule has 3 rings (SSSR count). The number of ether oxygens (including phenoxy) is 1. The smallest absolute Gasteiger partial charge is 0.259 e. The van der Waals surface area contributed by atoms with Crippen molar-refractivity contribution >= 4 is 17.5 Å². The van der Waals surface area contributed by atoms with Crippen LogP contribution in [0.1, 0.15) is 20.7 Å². The monoisotopic (exact) mass is 332 g/mol. The molecule has 0 aliphatic heterocycles. The van der Waals surface area contributed by atoms with Crippen LogP contribution in [0.5, 0.6) is 11.5 Å².